The van der Waals surface area contributed by atoms with E-state index in [1.165, 1.54) is 5.56 Å². The van der Waals surface area contributed by atoms with Gasteiger partial charge in [-0.2, -0.15) is 0 Å². The third kappa shape index (κ3) is 1.57. The molecule has 3 heteroatoms. The maximum Gasteiger partial charge on any atom is 0.311 e. The van der Waals surface area contributed by atoms with Gasteiger partial charge in [0.2, 0.25) is 0 Å². The fourth-order valence-electron chi connectivity index (χ4n) is 3.27. The van der Waals surface area contributed by atoms with Crippen molar-refractivity contribution < 1.29 is 9.53 Å². The third-order valence-electron chi connectivity index (χ3n) is 4.29. The van der Waals surface area contributed by atoms with Crippen molar-refractivity contribution in [2.24, 2.45) is 17.6 Å². The summed E-state index contributed by atoms with van der Waals surface area (Å²) in [5, 5.41) is 0. The van der Waals surface area contributed by atoms with Gasteiger partial charge in [0, 0.05) is 17.9 Å². The van der Waals surface area contributed by atoms with E-state index in [0.29, 0.717) is 0 Å². The number of esters is 1. The van der Waals surface area contributed by atoms with E-state index in [2.05, 4.69) is 19.1 Å². The number of rotatable bonds is 1. The Hall–Kier alpha value is -1.35. The molecule has 2 fully saturated rings. The van der Waals surface area contributed by atoms with Crippen molar-refractivity contribution in [2.45, 2.75) is 31.4 Å². The van der Waals surface area contributed by atoms with E-state index in [9.17, 15) is 4.79 Å². The molecule has 2 bridgehead atoms. The van der Waals surface area contributed by atoms with Crippen LogP contribution in [0.4, 0.5) is 0 Å². The second kappa shape index (κ2) is 3.84. The highest BCUT2D eigenvalue weighted by Crippen LogP contribution is 2.45. The zero-order valence-corrected chi connectivity index (χ0v) is 9.87. The topological polar surface area (TPSA) is 52.3 Å². The molecule has 1 saturated carbocycles. The maximum atomic E-state index is 11.8. The summed E-state index contributed by atoms with van der Waals surface area (Å²) >= 11 is 0. The molecular formula is C14H17NO2. The Morgan fingerprint density at radius 2 is 2.00 bits per heavy atom. The number of carbonyl (C=O) groups is 1. The van der Waals surface area contributed by atoms with Crippen LogP contribution in [0.15, 0.2) is 30.3 Å². The number of ether oxygens (including phenoxy) is 1. The van der Waals surface area contributed by atoms with Crippen molar-refractivity contribution in [3.05, 3.63) is 35.9 Å². The van der Waals surface area contributed by atoms with Crippen LogP contribution in [0.2, 0.25) is 0 Å². The molecule has 2 aliphatic rings. The Balaban J connectivity index is 1.93. The molecular weight excluding hydrogens is 214 g/mol. The monoisotopic (exact) mass is 231 g/mol. The van der Waals surface area contributed by atoms with E-state index < -0.39 is 0 Å². The van der Waals surface area contributed by atoms with E-state index in [4.69, 9.17) is 10.5 Å². The number of fused-ring (bicyclic) bond motifs is 2. The standard InChI is InChI=1S/C14H17NO2/c1-8-11-7-10(9-5-3-2-4-6-9)13(15)12(8)14(16)17-11/h2-6,8,10-13H,7,15H2,1H3/t8-,10+,11-,12-,13+/m0/s1. The Labute approximate surface area is 101 Å². The van der Waals surface area contributed by atoms with Gasteiger partial charge in [-0.3, -0.25) is 4.79 Å². The van der Waals surface area contributed by atoms with E-state index in [1.54, 1.807) is 0 Å². The molecule has 1 aliphatic carbocycles. The highest BCUT2D eigenvalue weighted by atomic mass is 16.6. The van der Waals surface area contributed by atoms with Gasteiger partial charge in [0.25, 0.3) is 0 Å². The minimum Gasteiger partial charge on any atom is -0.462 e. The molecule has 1 aliphatic heterocycles. The highest BCUT2D eigenvalue weighted by molar-refractivity contribution is 5.77. The number of hydrogen-bond donors (Lipinski definition) is 1. The molecule has 0 amide bonds. The summed E-state index contributed by atoms with van der Waals surface area (Å²) in [6, 6.07) is 10.1. The number of benzene rings is 1. The first-order valence-corrected chi connectivity index (χ1v) is 6.19. The Morgan fingerprint density at radius 1 is 1.29 bits per heavy atom. The van der Waals surface area contributed by atoms with Crippen LogP contribution < -0.4 is 5.73 Å². The molecule has 0 unspecified atom stereocenters. The van der Waals surface area contributed by atoms with Crippen molar-refractivity contribution in [1.29, 1.82) is 0 Å². The summed E-state index contributed by atoms with van der Waals surface area (Å²) in [7, 11) is 0. The Kier molecular flexibility index (Phi) is 2.44. The van der Waals surface area contributed by atoms with Gasteiger partial charge in [-0.15, -0.1) is 0 Å². The summed E-state index contributed by atoms with van der Waals surface area (Å²) in [4.78, 5) is 11.8. The van der Waals surface area contributed by atoms with Crippen LogP contribution in [0.25, 0.3) is 0 Å². The Morgan fingerprint density at radius 3 is 2.71 bits per heavy atom. The molecule has 1 aromatic carbocycles. The van der Waals surface area contributed by atoms with Crippen LogP contribution in [0.3, 0.4) is 0 Å². The van der Waals surface area contributed by atoms with Crippen LogP contribution in [0.1, 0.15) is 24.8 Å². The van der Waals surface area contributed by atoms with E-state index in [-0.39, 0.29) is 35.9 Å². The van der Waals surface area contributed by atoms with Crippen LogP contribution >= 0.6 is 0 Å². The highest BCUT2D eigenvalue weighted by Gasteiger charge is 2.52. The second-order valence-corrected chi connectivity index (χ2v) is 5.19. The first-order valence-electron chi connectivity index (χ1n) is 6.19. The van der Waals surface area contributed by atoms with Gasteiger partial charge in [-0.1, -0.05) is 37.3 Å². The van der Waals surface area contributed by atoms with Gasteiger partial charge < -0.3 is 10.5 Å². The zero-order chi connectivity index (χ0) is 12.0. The van der Waals surface area contributed by atoms with Crippen LogP contribution in [-0.2, 0) is 9.53 Å². The third-order valence-corrected chi connectivity index (χ3v) is 4.29. The second-order valence-electron chi connectivity index (χ2n) is 5.19. The zero-order valence-electron chi connectivity index (χ0n) is 9.87. The van der Waals surface area contributed by atoms with E-state index in [0.717, 1.165) is 6.42 Å². The fourth-order valence-corrected chi connectivity index (χ4v) is 3.27. The van der Waals surface area contributed by atoms with Gasteiger partial charge in [0.05, 0.1) is 5.92 Å². The van der Waals surface area contributed by atoms with E-state index >= 15 is 0 Å². The first kappa shape index (κ1) is 10.8. The minimum atomic E-state index is -0.126. The quantitative estimate of drug-likeness (QED) is 0.748. The molecule has 5 atom stereocenters. The predicted molar refractivity (Wildman–Crippen MR) is 64.3 cm³/mol. The molecule has 1 heterocycles. The summed E-state index contributed by atoms with van der Waals surface area (Å²) in [5.41, 5.74) is 7.49. The Bertz CT molecular complexity index is 431. The summed E-state index contributed by atoms with van der Waals surface area (Å²) in [6.45, 7) is 2.07. The predicted octanol–water partition coefficient (Wildman–Crippen LogP) is 1.68. The number of hydrogen-bond acceptors (Lipinski definition) is 3. The summed E-state index contributed by atoms with van der Waals surface area (Å²) in [6.07, 6.45) is 0.909. The van der Waals surface area contributed by atoms with E-state index in [1.807, 2.05) is 18.2 Å². The smallest absolute Gasteiger partial charge is 0.311 e. The van der Waals surface area contributed by atoms with Crippen molar-refractivity contribution in [3.8, 4) is 0 Å². The lowest BCUT2D eigenvalue weighted by Gasteiger charge is -2.35. The molecule has 3 rings (SSSR count). The molecule has 1 aromatic rings. The molecule has 90 valence electrons. The largest absolute Gasteiger partial charge is 0.462 e. The lowest BCUT2D eigenvalue weighted by atomic mass is 9.69. The van der Waals surface area contributed by atoms with Crippen molar-refractivity contribution in [2.75, 3.05) is 0 Å². The van der Waals surface area contributed by atoms with Crippen LogP contribution in [0, 0.1) is 11.8 Å². The summed E-state index contributed by atoms with van der Waals surface area (Å²) < 4.78 is 5.40. The molecule has 0 spiro atoms. The lowest BCUT2D eigenvalue weighted by Crippen LogP contribution is -2.45. The van der Waals surface area contributed by atoms with Gasteiger partial charge in [-0.25, -0.2) is 0 Å². The molecule has 1 saturated heterocycles. The molecule has 0 aromatic heterocycles. The number of nitrogens with two attached hydrogens (primary N) is 1. The van der Waals surface area contributed by atoms with Crippen LogP contribution in [0.5, 0.6) is 0 Å². The summed E-state index contributed by atoms with van der Waals surface area (Å²) in [5.74, 6) is 0.277. The van der Waals surface area contributed by atoms with Gasteiger partial charge >= 0.3 is 5.97 Å². The van der Waals surface area contributed by atoms with Crippen molar-refractivity contribution >= 4 is 5.97 Å². The lowest BCUT2D eigenvalue weighted by molar-refractivity contribution is -0.143. The molecule has 3 nitrogen and oxygen atoms in total. The molecule has 2 N–H and O–H groups in total. The SMILES string of the molecule is C[C@@H]1[C@@H]2C(=O)O[C@H]1C[C@H](c1ccccc1)[C@H]2N. The van der Waals surface area contributed by atoms with Gasteiger partial charge in [0.1, 0.15) is 6.10 Å². The van der Waals surface area contributed by atoms with Crippen molar-refractivity contribution in [1.82, 2.24) is 0 Å². The minimum absolute atomic E-state index is 0.0532. The first-order chi connectivity index (χ1) is 8.18. The van der Waals surface area contributed by atoms with Gasteiger partial charge in [-0.05, 0) is 12.0 Å². The maximum absolute atomic E-state index is 11.8. The van der Waals surface area contributed by atoms with Gasteiger partial charge in [0.15, 0.2) is 0 Å². The van der Waals surface area contributed by atoms with Crippen LogP contribution in [-0.4, -0.2) is 18.1 Å². The number of carbonyl (C=O) groups excluding carboxylic acids is 1. The molecule has 0 radical (unpaired) electrons. The average Bonchev–Trinajstić information content (AvgIpc) is 2.52. The normalized spacial score (nSPS) is 40.1. The fraction of sp³-hybridized carbons (Fsp3) is 0.500. The average molecular weight is 231 g/mol. The van der Waals surface area contributed by atoms with Crippen molar-refractivity contribution in [3.63, 3.8) is 0 Å². The molecule has 17 heavy (non-hydrogen) atoms.